The molecule has 1 fully saturated rings. The molecule has 1 saturated carbocycles. The lowest BCUT2D eigenvalue weighted by Crippen LogP contribution is -2.43. The van der Waals surface area contributed by atoms with Crippen LogP contribution in [0.2, 0.25) is 0 Å². The maximum absolute atomic E-state index is 15.3. The molecule has 0 aromatic heterocycles. The van der Waals surface area contributed by atoms with Crippen molar-refractivity contribution in [3.8, 4) is 16.9 Å². The van der Waals surface area contributed by atoms with Crippen LogP contribution in [0.5, 0.6) is 5.75 Å². The number of carboxylic acid groups (broad SMARTS) is 1. The van der Waals surface area contributed by atoms with Crippen LogP contribution in [0.3, 0.4) is 0 Å². The molecule has 0 spiro atoms. The van der Waals surface area contributed by atoms with E-state index in [1.165, 1.54) is 36.8 Å². The highest BCUT2D eigenvalue weighted by Gasteiger charge is 2.34. The van der Waals surface area contributed by atoms with Crippen LogP contribution in [-0.4, -0.2) is 35.2 Å². The van der Waals surface area contributed by atoms with Crippen molar-refractivity contribution in [3.63, 3.8) is 0 Å². The average molecular weight is 494 g/mol. The van der Waals surface area contributed by atoms with Crippen molar-refractivity contribution in [2.24, 2.45) is 5.41 Å². The summed E-state index contributed by atoms with van der Waals surface area (Å²) in [6, 6.07) is 2.19. The molecule has 1 aliphatic carbocycles. The van der Waals surface area contributed by atoms with E-state index in [0.717, 1.165) is 71.3 Å². The molecule has 3 aliphatic rings. The number of aliphatic carboxylic acids is 1. The van der Waals surface area contributed by atoms with Gasteiger partial charge in [0.15, 0.2) is 11.6 Å². The number of hydrogen-bond acceptors (Lipinski definition) is 3. The molecule has 36 heavy (non-hydrogen) atoms. The molecule has 4 nitrogen and oxygen atoms in total. The molecule has 0 bridgehead atoms. The number of fused-ring (bicyclic) bond motifs is 2. The standard InChI is InChI=1S/C31H40FNO3/c1-18-22-10-13-33(21-8-11-31(4,5)12-9-21)17-26(22)20(3)29(25(18)16-28(34)35)24-15-27(32)30-23(19(24)2)7-6-14-36-30/h15,21H,6-14,16-17H2,1-5H3,(H,34,35). The molecule has 2 aromatic rings. The second kappa shape index (κ2) is 9.48. The molecule has 2 aliphatic heterocycles. The van der Waals surface area contributed by atoms with Gasteiger partial charge in [0.25, 0.3) is 0 Å². The molecular weight excluding hydrogens is 453 g/mol. The van der Waals surface area contributed by atoms with Gasteiger partial charge in [-0.05, 0) is 122 Å². The van der Waals surface area contributed by atoms with E-state index in [-0.39, 0.29) is 12.2 Å². The summed E-state index contributed by atoms with van der Waals surface area (Å²) in [5.74, 6) is -0.811. The van der Waals surface area contributed by atoms with Crippen molar-refractivity contribution in [1.29, 1.82) is 0 Å². The van der Waals surface area contributed by atoms with Crippen molar-refractivity contribution in [2.45, 2.75) is 98.6 Å². The highest BCUT2D eigenvalue weighted by molar-refractivity contribution is 5.83. The molecule has 1 N–H and O–H groups in total. The summed E-state index contributed by atoms with van der Waals surface area (Å²) in [4.78, 5) is 14.6. The first-order chi connectivity index (χ1) is 17.1. The van der Waals surface area contributed by atoms with E-state index in [4.69, 9.17) is 4.74 Å². The summed E-state index contributed by atoms with van der Waals surface area (Å²) in [6.45, 7) is 13.4. The fraction of sp³-hybridized carbons (Fsp3) is 0.581. The van der Waals surface area contributed by atoms with Crippen LogP contribution in [0.1, 0.15) is 84.9 Å². The second-order valence-corrected chi connectivity index (χ2v) is 12.0. The van der Waals surface area contributed by atoms with E-state index in [1.54, 1.807) is 6.07 Å². The van der Waals surface area contributed by atoms with Gasteiger partial charge in [0.05, 0.1) is 13.0 Å². The highest BCUT2D eigenvalue weighted by atomic mass is 19.1. The van der Waals surface area contributed by atoms with Crippen LogP contribution >= 0.6 is 0 Å². The SMILES string of the molecule is Cc1c(-c2c(C)c3c(c(C)c2CC(=O)O)CCN(C2CCC(C)(C)CC2)C3)cc(F)c2c1CCCO2. The zero-order valence-electron chi connectivity index (χ0n) is 22.5. The Kier molecular flexibility index (Phi) is 6.65. The zero-order chi connectivity index (χ0) is 25.8. The first-order valence-electron chi connectivity index (χ1n) is 13.6. The van der Waals surface area contributed by atoms with E-state index < -0.39 is 5.97 Å². The largest absolute Gasteiger partial charge is 0.490 e. The van der Waals surface area contributed by atoms with E-state index in [1.807, 2.05) is 6.92 Å². The summed E-state index contributed by atoms with van der Waals surface area (Å²) >= 11 is 0. The number of ether oxygens (including phenoxy) is 1. The lowest BCUT2D eigenvalue weighted by molar-refractivity contribution is -0.136. The highest BCUT2D eigenvalue weighted by Crippen LogP contribution is 2.44. The molecular formula is C31H40FNO3. The Morgan fingerprint density at radius 2 is 1.81 bits per heavy atom. The number of halogens is 1. The third-order valence-corrected chi connectivity index (χ3v) is 9.27. The van der Waals surface area contributed by atoms with Gasteiger partial charge in [-0.15, -0.1) is 0 Å². The number of carboxylic acids is 1. The Bertz CT molecular complexity index is 1210. The lowest BCUT2D eigenvalue weighted by Gasteiger charge is -2.43. The minimum Gasteiger partial charge on any atom is -0.490 e. The van der Waals surface area contributed by atoms with Gasteiger partial charge < -0.3 is 9.84 Å². The van der Waals surface area contributed by atoms with Crippen molar-refractivity contribution < 1.29 is 19.0 Å². The van der Waals surface area contributed by atoms with E-state index in [2.05, 4.69) is 32.6 Å². The minimum absolute atomic E-state index is 0.0502. The fourth-order valence-electron chi connectivity index (χ4n) is 7.00. The number of nitrogens with zero attached hydrogens (tertiary/aromatic N) is 1. The Morgan fingerprint density at radius 3 is 2.50 bits per heavy atom. The predicted octanol–water partition coefficient (Wildman–Crippen LogP) is 6.70. The Labute approximate surface area is 214 Å². The Hall–Kier alpha value is -2.40. The van der Waals surface area contributed by atoms with E-state index >= 15 is 4.39 Å². The number of carbonyl (C=O) groups is 1. The fourth-order valence-corrected chi connectivity index (χ4v) is 7.00. The number of hydrogen-bond donors (Lipinski definition) is 1. The number of benzene rings is 2. The number of rotatable bonds is 4. The summed E-state index contributed by atoms with van der Waals surface area (Å²) in [5.41, 5.74) is 9.79. The molecule has 194 valence electrons. The second-order valence-electron chi connectivity index (χ2n) is 12.0. The summed E-state index contributed by atoms with van der Waals surface area (Å²) in [5, 5.41) is 9.83. The molecule has 2 heterocycles. The predicted molar refractivity (Wildman–Crippen MR) is 141 cm³/mol. The summed E-state index contributed by atoms with van der Waals surface area (Å²) in [6.07, 6.45) is 7.54. The van der Waals surface area contributed by atoms with Crippen molar-refractivity contribution in [2.75, 3.05) is 13.2 Å². The molecule has 0 radical (unpaired) electrons. The smallest absolute Gasteiger partial charge is 0.307 e. The quantitative estimate of drug-likeness (QED) is 0.515. The Balaban J connectivity index is 1.62. The summed E-state index contributed by atoms with van der Waals surface area (Å²) in [7, 11) is 0. The normalized spacial score (nSPS) is 19.9. The first kappa shape index (κ1) is 25.3. The van der Waals surface area contributed by atoms with Crippen LogP contribution < -0.4 is 4.74 Å². The Morgan fingerprint density at radius 1 is 1.08 bits per heavy atom. The van der Waals surface area contributed by atoms with Crippen molar-refractivity contribution >= 4 is 5.97 Å². The van der Waals surface area contributed by atoms with Crippen LogP contribution in [0, 0.1) is 32.0 Å². The molecule has 5 heteroatoms. The topological polar surface area (TPSA) is 49.8 Å². The first-order valence-corrected chi connectivity index (χ1v) is 13.6. The minimum atomic E-state index is -0.847. The van der Waals surface area contributed by atoms with Crippen LogP contribution in [0.4, 0.5) is 4.39 Å². The monoisotopic (exact) mass is 493 g/mol. The van der Waals surface area contributed by atoms with E-state index in [0.29, 0.717) is 23.8 Å². The van der Waals surface area contributed by atoms with Crippen LogP contribution in [-0.2, 0) is 30.6 Å². The third kappa shape index (κ3) is 4.44. The van der Waals surface area contributed by atoms with Crippen molar-refractivity contribution in [3.05, 3.63) is 50.8 Å². The van der Waals surface area contributed by atoms with Crippen molar-refractivity contribution in [1.82, 2.24) is 4.90 Å². The van der Waals surface area contributed by atoms with Gasteiger partial charge in [-0.25, -0.2) is 4.39 Å². The maximum atomic E-state index is 15.3. The van der Waals surface area contributed by atoms with Gasteiger partial charge in [-0.2, -0.15) is 0 Å². The van der Waals surface area contributed by atoms with Gasteiger partial charge in [-0.1, -0.05) is 13.8 Å². The molecule has 5 rings (SSSR count). The van der Waals surface area contributed by atoms with E-state index in [9.17, 15) is 9.90 Å². The molecule has 0 unspecified atom stereocenters. The third-order valence-electron chi connectivity index (χ3n) is 9.27. The zero-order valence-corrected chi connectivity index (χ0v) is 22.5. The van der Waals surface area contributed by atoms with Gasteiger partial charge in [0.1, 0.15) is 0 Å². The molecule has 2 aromatic carbocycles. The van der Waals surface area contributed by atoms with Gasteiger partial charge in [-0.3, -0.25) is 9.69 Å². The van der Waals surface area contributed by atoms with Gasteiger partial charge in [0.2, 0.25) is 0 Å². The van der Waals surface area contributed by atoms with Gasteiger partial charge >= 0.3 is 5.97 Å². The van der Waals surface area contributed by atoms with Gasteiger partial charge in [0, 0.05) is 24.7 Å². The maximum Gasteiger partial charge on any atom is 0.307 e. The average Bonchev–Trinajstić information content (AvgIpc) is 2.85. The molecule has 0 saturated heterocycles. The molecule has 0 atom stereocenters. The van der Waals surface area contributed by atoms with Crippen LogP contribution in [0.25, 0.3) is 11.1 Å². The lowest BCUT2D eigenvalue weighted by atomic mass is 9.74. The molecule has 0 amide bonds. The summed E-state index contributed by atoms with van der Waals surface area (Å²) < 4.78 is 21.0. The van der Waals surface area contributed by atoms with Crippen LogP contribution in [0.15, 0.2) is 6.07 Å².